The van der Waals surface area contributed by atoms with Crippen molar-refractivity contribution < 1.29 is 9.63 Å². The Morgan fingerprint density at radius 3 is 2.53 bits per heavy atom. The van der Waals surface area contributed by atoms with Crippen molar-refractivity contribution in [1.82, 2.24) is 4.90 Å². The molecule has 0 saturated heterocycles. The molecular formula is C13H18Cl2N2O2. The molecule has 106 valence electrons. The fourth-order valence-corrected chi connectivity index (χ4v) is 1.81. The van der Waals surface area contributed by atoms with Gasteiger partial charge in [-0.05, 0) is 31.3 Å². The lowest BCUT2D eigenvalue weighted by Gasteiger charge is -2.17. The Bertz CT molecular complexity index is 423. The van der Waals surface area contributed by atoms with Crippen molar-refractivity contribution in [2.75, 3.05) is 25.1 Å². The second-order valence-corrected chi connectivity index (χ2v) is 4.80. The van der Waals surface area contributed by atoms with Crippen LogP contribution in [0.15, 0.2) is 18.2 Å². The summed E-state index contributed by atoms with van der Waals surface area (Å²) in [5.41, 5.74) is 3.15. The minimum absolute atomic E-state index is 0.307. The first-order chi connectivity index (χ1) is 9.06. The Labute approximate surface area is 123 Å². The highest BCUT2D eigenvalue weighted by Crippen LogP contribution is 2.24. The van der Waals surface area contributed by atoms with Crippen LogP contribution in [-0.2, 0) is 9.63 Å². The van der Waals surface area contributed by atoms with Crippen LogP contribution in [0.25, 0.3) is 0 Å². The Kier molecular flexibility index (Phi) is 6.99. The summed E-state index contributed by atoms with van der Waals surface area (Å²) >= 11 is 11.6. The summed E-state index contributed by atoms with van der Waals surface area (Å²) in [5, 5.41) is 0.867. The van der Waals surface area contributed by atoms with Gasteiger partial charge in [-0.15, -0.1) is 0 Å². The van der Waals surface area contributed by atoms with E-state index in [4.69, 9.17) is 28.0 Å². The first-order valence-electron chi connectivity index (χ1n) is 6.19. The lowest BCUT2D eigenvalue weighted by molar-refractivity contribution is -0.141. The van der Waals surface area contributed by atoms with Gasteiger partial charge in [0.25, 0.3) is 0 Å². The molecule has 1 N–H and O–H groups in total. The molecule has 1 aromatic carbocycles. The predicted octanol–water partition coefficient (Wildman–Crippen LogP) is 3.60. The van der Waals surface area contributed by atoms with E-state index in [9.17, 15) is 4.79 Å². The van der Waals surface area contributed by atoms with E-state index in [2.05, 4.69) is 24.2 Å². The van der Waals surface area contributed by atoms with Gasteiger partial charge in [0.2, 0.25) is 0 Å². The van der Waals surface area contributed by atoms with Crippen molar-refractivity contribution in [3.05, 3.63) is 28.2 Å². The lowest BCUT2D eigenvalue weighted by Crippen LogP contribution is -2.26. The number of benzene rings is 1. The first kappa shape index (κ1) is 16.1. The molecule has 0 aromatic heterocycles. The van der Waals surface area contributed by atoms with E-state index in [0.717, 1.165) is 13.1 Å². The molecule has 0 aliphatic heterocycles. The van der Waals surface area contributed by atoms with Crippen LogP contribution in [0.4, 0.5) is 5.69 Å². The largest absolute Gasteiger partial charge is 0.343 e. The molecule has 0 aliphatic rings. The highest BCUT2D eigenvalue weighted by molar-refractivity contribution is 6.42. The standard InChI is InChI=1S/C13H18Cl2N2O2/c1-3-17(4-2)8-7-13(18)19-16-10-5-6-11(14)12(15)9-10/h5-6,9,16H,3-4,7-8H2,1-2H3. The fraction of sp³-hybridized carbons (Fsp3) is 0.462. The minimum atomic E-state index is -0.307. The van der Waals surface area contributed by atoms with Crippen LogP contribution in [0.2, 0.25) is 10.0 Å². The molecule has 6 heteroatoms. The summed E-state index contributed by atoms with van der Waals surface area (Å²) in [6.45, 7) is 6.65. The zero-order valence-corrected chi connectivity index (χ0v) is 12.6. The number of nitrogens with zero attached hydrogens (tertiary/aromatic N) is 1. The number of carbonyl (C=O) groups excluding carboxylic acids is 1. The molecule has 0 aliphatic carbocycles. The van der Waals surface area contributed by atoms with Gasteiger partial charge in [-0.2, -0.15) is 0 Å². The number of nitrogens with one attached hydrogen (secondary N) is 1. The Balaban J connectivity index is 2.35. The molecule has 1 aromatic rings. The van der Waals surface area contributed by atoms with E-state index in [1.807, 2.05) is 0 Å². The molecule has 0 unspecified atom stereocenters. The van der Waals surface area contributed by atoms with Crippen LogP contribution in [0.3, 0.4) is 0 Å². The molecule has 0 amide bonds. The first-order valence-corrected chi connectivity index (χ1v) is 6.95. The summed E-state index contributed by atoms with van der Waals surface area (Å²) in [6, 6.07) is 4.92. The Morgan fingerprint density at radius 2 is 1.95 bits per heavy atom. The molecule has 0 bridgehead atoms. The summed E-state index contributed by atoms with van der Waals surface area (Å²) in [7, 11) is 0. The van der Waals surface area contributed by atoms with Gasteiger partial charge >= 0.3 is 5.97 Å². The van der Waals surface area contributed by atoms with Gasteiger partial charge in [0.1, 0.15) is 0 Å². The second-order valence-electron chi connectivity index (χ2n) is 3.98. The van der Waals surface area contributed by atoms with E-state index >= 15 is 0 Å². The molecule has 0 fully saturated rings. The fourth-order valence-electron chi connectivity index (χ4n) is 1.52. The maximum absolute atomic E-state index is 11.5. The van der Waals surface area contributed by atoms with Crippen molar-refractivity contribution in [2.45, 2.75) is 20.3 Å². The highest BCUT2D eigenvalue weighted by atomic mass is 35.5. The molecule has 1 rings (SSSR count). The van der Waals surface area contributed by atoms with Gasteiger partial charge in [0.15, 0.2) is 0 Å². The SMILES string of the molecule is CCN(CC)CCC(=O)ONc1ccc(Cl)c(Cl)c1. The maximum atomic E-state index is 11.5. The zero-order chi connectivity index (χ0) is 14.3. The lowest BCUT2D eigenvalue weighted by atomic mass is 10.3. The number of hydrogen-bond acceptors (Lipinski definition) is 4. The van der Waals surface area contributed by atoms with Gasteiger partial charge in [0, 0.05) is 6.54 Å². The summed E-state index contributed by atoms with van der Waals surface area (Å²) < 4.78 is 0. The van der Waals surface area contributed by atoms with E-state index in [1.54, 1.807) is 18.2 Å². The van der Waals surface area contributed by atoms with Gasteiger partial charge in [-0.25, -0.2) is 10.3 Å². The Hall–Kier alpha value is -0.970. The number of halogens is 2. The number of rotatable bonds is 7. The summed E-state index contributed by atoms with van der Waals surface area (Å²) in [6.07, 6.45) is 0.343. The van der Waals surface area contributed by atoms with E-state index in [-0.39, 0.29) is 5.97 Å². The van der Waals surface area contributed by atoms with Gasteiger partial charge in [0.05, 0.1) is 22.2 Å². The number of carbonyl (C=O) groups is 1. The van der Waals surface area contributed by atoms with Crippen LogP contribution in [-0.4, -0.2) is 30.5 Å². The van der Waals surface area contributed by atoms with Crippen LogP contribution in [0.5, 0.6) is 0 Å². The molecular weight excluding hydrogens is 287 g/mol. The molecule has 0 spiro atoms. The molecule has 0 atom stereocenters. The van der Waals surface area contributed by atoms with Gasteiger partial charge < -0.3 is 9.74 Å². The van der Waals surface area contributed by atoms with Crippen molar-refractivity contribution in [3.8, 4) is 0 Å². The summed E-state index contributed by atoms with van der Waals surface area (Å²) in [5.74, 6) is -0.307. The molecule has 0 radical (unpaired) electrons. The van der Waals surface area contributed by atoms with E-state index < -0.39 is 0 Å². The molecule has 0 saturated carbocycles. The quantitative estimate of drug-likeness (QED) is 0.782. The Morgan fingerprint density at radius 1 is 1.26 bits per heavy atom. The smallest absolute Gasteiger partial charge is 0.333 e. The van der Waals surface area contributed by atoms with Crippen molar-refractivity contribution in [3.63, 3.8) is 0 Å². The number of anilines is 1. The molecule has 0 heterocycles. The average molecular weight is 305 g/mol. The second kappa shape index (κ2) is 8.25. The monoisotopic (exact) mass is 304 g/mol. The maximum Gasteiger partial charge on any atom is 0.333 e. The third-order valence-electron chi connectivity index (χ3n) is 2.73. The summed E-state index contributed by atoms with van der Waals surface area (Å²) in [4.78, 5) is 18.6. The minimum Gasteiger partial charge on any atom is -0.343 e. The molecule has 19 heavy (non-hydrogen) atoms. The third kappa shape index (κ3) is 5.68. The van der Waals surface area contributed by atoms with E-state index in [0.29, 0.717) is 28.7 Å². The van der Waals surface area contributed by atoms with Crippen LogP contribution < -0.4 is 5.48 Å². The topological polar surface area (TPSA) is 41.6 Å². The van der Waals surface area contributed by atoms with Crippen molar-refractivity contribution >= 4 is 34.9 Å². The number of hydrogen-bond donors (Lipinski definition) is 1. The highest BCUT2D eigenvalue weighted by Gasteiger charge is 2.07. The van der Waals surface area contributed by atoms with E-state index in [1.165, 1.54) is 0 Å². The van der Waals surface area contributed by atoms with Crippen LogP contribution in [0.1, 0.15) is 20.3 Å². The third-order valence-corrected chi connectivity index (χ3v) is 3.47. The predicted molar refractivity (Wildman–Crippen MR) is 78.6 cm³/mol. The van der Waals surface area contributed by atoms with Crippen molar-refractivity contribution in [1.29, 1.82) is 0 Å². The average Bonchev–Trinajstić information content (AvgIpc) is 2.41. The van der Waals surface area contributed by atoms with Crippen LogP contribution in [0, 0.1) is 0 Å². The normalized spacial score (nSPS) is 10.6. The zero-order valence-electron chi connectivity index (χ0n) is 11.1. The van der Waals surface area contributed by atoms with Crippen LogP contribution >= 0.6 is 23.2 Å². The molecule has 4 nitrogen and oxygen atoms in total. The van der Waals surface area contributed by atoms with Gasteiger partial charge in [-0.1, -0.05) is 37.0 Å². The van der Waals surface area contributed by atoms with Gasteiger partial charge in [-0.3, -0.25) is 0 Å². The van der Waals surface area contributed by atoms with Crippen molar-refractivity contribution in [2.24, 2.45) is 0 Å².